The zero-order valence-corrected chi connectivity index (χ0v) is 36.3. The van der Waals surface area contributed by atoms with Gasteiger partial charge in [0, 0.05) is 25.8 Å². The molecule has 0 heterocycles. The van der Waals surface area contributed by atoms with Gasteiger partial charge in [-0.15, -0.1) is 6.58 Å². The molecule has 0 aliphatic carbocycles. The molecule has 0 aromatic heterocycles. The van der Waals surface area contributed by atoms with Gasteiger partial charge in [-0.05, 0) is 48.0 Å². The second-order valence-corrected chi connectivity index (χ2v) is 14.6. The molecule has 3 amide bonds. The van der Waals surface area contributed by atoms with Crippen LogP contribution in [0.3, 0.4) is 0 Å². The van der Waals surface area contributed by atoms with Crippen molar-refractivity contribution < 1.29 is 72.2 Å². The van der Waals surface area contributed by atoms with Gasteiger partial charge in [-0.2, -0.15) is 0 Å². The van der Waals surface area contributed by atoms with Gasteiger partial charge in [-0.3, -0.25) is 65.5 Å². The zero-order valence-electron chi connectivity index (χ0n) is 36.3. The second-order valence-electron chi connectivity index (χ2n) is 14.6. The maximum atomic E-state index is 14.1. The van der Waals surface area contributed by atoms with Gasteiger partial charge in [-0.1, -0.05) is 6.08 Å². The summed E-state index contributed by atoms with van der Waals surface area (Å²) in [4.78, 5) is 164. The molecule has 0 unspecified atom stereocenters. The van der Waals surface area contributed by atoms with E-state index in [0.717, 1.165) is 12.0 Å². The van der Waals surface area contributed by atoms with Crippen molar-refractivity contribution >= 4 is 78.9 Å². The Morgan fingerprint density at radius 2 is 1.05 bits per heavy atom. The van der Waals surface area contributed by atoms with Gasteiger partial charge in [0.25, 0.3) is 5.91 Å². The number of nitrogens with one attached hydrogen (secondary N) is 8. The predicted octanol–water partition coefficient (Wildman–Crippen LogP) is -4.66. The van der Waals surface area contributed by atoms with E-state index in [2.05, 4.69) is 49.1 Å². The smallest absolute Gasteiger partial charge is 0.323 e. The molecule has 63 heavy (non-hydrogen) atoms. The molecule has 0 fully saturated rings. The summed E-state index contributed by atoms with van der Waals surface area (Å²) in [6.07, 6.45) is -4.25. The van der Waals surface area contributed by atoms with Crippen LogP contribution in [-0.2, 0) is 67.1 Å². The number of ketones is 2. The average Bonchev–Trinajstić information content (AvgIpc) is 3.26. The number of carbonyl (C=O) groups is 13. The number of carboxylic acid groups (broad SMARTS) is 1. The Kier molecular flexibility index (Phi) is 27.5. The lowest BCUT2D eigenvalue weighted by Crippen LogP contribution is -2.66. The van der Waals surface area contributed by atoms with Crippen molar-refractivity contribution in [3.63, 3.8) is 0 Å². The highest BCUT2D eigenvalue weighted by Crippen LogP contribution is 2.09. The van der Waals surface area contributed by atoms with Crippen molar-refractivity contribution in [2.75, 3.05) is 13.7 Å². The number of esters is 1. The quantitative estimate of drug-likeness (QED) is 0.0124. The van der Waals surface area contributed by atoms with E-state index in [4.69, 9.17) is 9.84 Å². The highest BCUT2D eigenvalue weighted by molar-refractivity contribution is 5.98. The summed E-state index contributed by atoms with van der Waals surface area (Å²) in [6.45, 7) is 11.6. The SMILES string of the molecule is C=CCN(C(=O)[C@@H](C)N[C@@H](C)C=O)[C@@H](N[C@@H](C)C=O)C(=O)N[C@@H](N[C@@H](C)C=O)C(=O)C[C@@H](N[C@@H](C)C=O)C(=O)N[C@@H](N[C@H](C=O)CCC(=O)O)C(=O)C[C@@H](N[C@@H](C)C=O)C(=O)OC. The fourth-order valence-corrected chi connectivity index (χ4v) is 5.62. The standard InChI is InChI=1S/C39H61N9O15/c1-9-12-48(38(61)26(7)40-21(2)15-49)35(44-25(6)19-53)37(60)47-33(43-24(5)18-52)30(55)13-28(41-22(3)16-50)36(59)46-34(45-27(20-54)10-11-32(57)58)31(56)14-29(39(62)63-8)42-23(4)17-51/h9,15-29,33-35,40-45H,1,10-14H2,2-8H3,(H,46,59)(H,47,60)(H,57,58)/t21-,22-,23-,24-,25-,26+,27-,28+,29+,33+,34+,35+/m0/s1. The van der Waals surface area contributed by atoms with Gasteiger partial charge in [0.15, 0.2) is 17.7 Å². The van der Waals surface area contributed by atoms with Crippen LogP contribution in [0.4, 0.5) is 0 Å². The first-order chi connectivity index (χ1) is 29.7. The highest BCUT2D eigenvalue weighted by atomic mass is 16.5. The summed E-state index contributed by atoms with van der Waals surface area (Å²) in [7, 11) is 1.01. The van der Waals surface area contributed by atoms with E-state index in [-0.39, 0.29) is 19.3 Å². The van der Waals surface area contributed by atoms with Crippen LogP contribution >= 0.6 is 0 Å². The van der Waals surface area contributed by atoms with E-state index in [0.29, 0.717) is 31.4 Å². The van der Waals surface area contributed by atoms with Crippen LogP contribution in [0.15, 0.2) is 12.7 Å². The van der Waals surface area contributed by atoms with Crippen molar-refractivity contribution in [2.45, 2.75) is 140 Å². The van der Waals surface area contributed by atoms with Crippen LogP contribution < -0.4 is 42.5 Å². The first-order valence-corrected chi connectivity index (χ1v) is 19.8. The summed E-state index contributed by atoms with van der Waals surface area (Å²) in [5.41, 5.74) is 0. The molecular formula is C39H61N9O15. The molecule has 0 radical (unpaired) electrons. The molecule has 0 aliphatic rings. The number of amides is 3. The number of carbonyl (C=O) groups excluding carboxylic acids is 12. The van der Waals surface area contributed by atoms with E-state index >= 15 is 0 Å². The lowest BCUT2D eigenvalue weighted by molar-refractivity contribution is -0.145. The van der Waals surface area contributed by atoms with E-state index in [1.807, 2.05) is 0 Å². The van der Waals surface area contributed by atoms with Crippen molar-refractivity contribution in [1.29, 1.82) is 0 Å². The molecule has 0 bridgehead atoms. The van der Waals surface area contributed by atoms with Crippen LogP contribution in [0, 0.1) is 0 Å². The Hall–Kier alpha value is -5.79. The topological polar surface area (TPSA) is 351 Å². The Bertz CT molecular complexity index is 1630. The van der Waals surface area contributed by atoms with Crippen LogP contribution in [0.25, 0.3) is 0 Å². The zero-order chi connectivity index (χ0) is 48.4. The molecule has 9 N–H and O–H groups in total. The fraction of sp³-hybridized carbons (Fsp3) is 0.615. The molecule has 0 aliphatic heterocycles. The summed E-state index contributed by atoms with van der Waals surface area (Å²) in [6, 6.07) is -10.7. The molecule has 12 atom stereocenters. The fourth-order valence-electron chi connectivity index (χ4n) is 5.62. The minimum Gasteiger partial charge on any atom is -0.481 e. The third-order valence-corrected chi connectivity index (χ3v) is 8.90. The number of aldehydes is 6. The maximum Gasteiger partial charge on any atom is 0.323 e. The molecule has 0 aromatic carbocycles. The summed E-state index contributed by atoms with van der Waals surface area (Å²) in [5.74, 6) is -7.28. The first kappa shape index (κ1) is 57.2. The van der Waals surface area contributed by atoms with Crippen molar-refractivity contribution in [3.8, 4) is 0 Å². The molecule has 24 heteroatoms. The lowest BCUT2D eigenvalue weighted by Gasteiger charge is -2.35. The van der Waals surface area contributed by atoms with Gasteiger partial charge in [-0.25, -0.2) is 0 Å². The van der Waals surface area contributed by atoms with Gasteiger partial charge < -0.3 is 54.1 Å². The lowest BCUT2D eigenvalue weighted by atomic mass is 10.0. The average molecular weight is 896 g/mol. The number of methoxy groups -OCH3 is 1. The van der Waals surface area contributed by atoms with E-state index in [1.165, 1.54) is 47.6 Å². The number of hydrogen-bond donors (Lipinski definition) is 9. The number of carboxylic acids is 1. The minimum atomic E-state index is -1.87. The van der Waals surface area contributed by atoms with Crippen LogP contribution in [0.5, 0.6) is 0 Å². The molecule has 0 spiro atoms. The van der Waals surface area contributed by atoms with Gasteiger partial charge in [0.1, 0.15) is 56.1 Å². The molecular weight excluding hydrogens is 834 g/mol. The summed E-state index contributed by atoms with van der Waals surface area (Å²) >= 11 is 0. The first-order valence-electron chi connectivity index (χ1n) is 19.8. The Labute approximate surface area is 364 Å². The Balaban J connectivity index is 7.10. The second kappa shape index (κ2) is 30.3. The molecule has 24 nitrogen and oxygen atoms in total. The monoisotopic (exact) mass is 895 g/mol. The highest BCUT2D eigenvalue weighted by Gasteiger charge is 2.38. The number of aliphatic carboxylic acids is 1. The van der Waals surface area contributed by atoms with Crippen molar-refractivity contribution in [2.24, 2.45) is 0 Å². The molecule has 0 aromatic rings. The van der Waals surface area contributed by atoms with Gasteiger partial charge in [0.2, 0.25) is 11.8 Å². The van der Waals surface area contributed by atoms with Crippen molar-refractivity contribution in [1.82, 2.24) is 47.4 Å². The van der Waals surface area contributed by atoms with Crippen LogP contribution in [0.1, 0.15) is 67.2 Å². The van der Waals surface area contributed by atoms with E-state index in [1.54, 1.807) is 0 Å². The molecule has 0 rings (SSSR count). The van der Waals surface area contributed by atoms with Crippen LogP contribution in [0.2, 0.25) is 0 Å². The van der Waals surface area contributed by atoms with E-state index in [9.17, 15) is 62.3 Å². The number of hydrogen-bond acceptors (Lipinski definition) is 20. The molecule has 352 valence electrons. The molecule has 0 saturated carbocycles. The molecule has 0 saturated heterocycles. The predicted molar refractivity (Wildman–Crippen MR) is 221 cm³/mol. The number of Topliss-reactive ketones (excluding diaryl/α,β-unsaturated/α-hetero) is 2. The van der Waals surface area contributed by atoms with Crippen molar-refractivity contribution in [3.05, 3.63) is 12.7 Å². The van der Waals surface area contributed by atoms with E-state index < -0.39 is 133 Å². The largest absolute Gasteiger partial charge is 0.481 e. The number of nitrogens with zero attached hydrogens (tertiary/aromatic N) is 1. The maximum absolute atomic E-state index is 14.1. The normalized spacial score (nSPS) is 16.7. The number of ether oxygens (including phenoxy) is 1. The Morgan fingerprint density at radius 1 is 0.603 bits per heavy atom. The summed E-state index contributed by atoms with van der Waals surface area (Å²) in [5, 5.41) is 29.5. The third kappa shape index (κ3) is 21.2. The summed E-state index contributed by atoms with van der Waals surface area (Å²) < 4.78 is 4.72. The third-order valence-electron chi connectivity index (χ3n) is 8.90. The van der Waals surface area contributed by atoms with Gasteiger partial charge >= 0.3 is 11.9 Å². The van der Waals surface area contributed by atoms with Gasteiger partial charge in [0.05, 0.1) is 55.4 Å². The number of rotatable bonds is 36. The Morgan fingerprint density at radius 3 is 1.52 bits per heavy atom. The minimum absolute atomic E-state index is 0.269. The van der Waals surface area contributed by atoms with Crippen LogP contribution in [-0.4, -0.2) is 175 Å².